The lowest BCUT2D eigenvalue weighted by atomic mass is 10.1. The van der Waals surface area contributed by atoms with Crippen LogP contribution in [0.1, 0.15) is 17.3 Å². The van der Waals surface area contributed by atoms with E-state index in [2.05, 4.69) is 15.3 Å². The summed E-state index contributed by atoms with van der Waals surface area (Å²) >= 11 is 0. The van der Waals surface area contributed by atoms with E-state index >= 15 is 0 Å². The van der Waals surface area contributed by atoms with Gasteiger partial charge in [0.2, 0.25) is 0 Å². The van der Waals surface area contributed by atoms with Crippen LogP contribution in [-0.4, -0.2) is 32.1 Å². The fourth-order valence-electron chi connectivity index (χ4n) is 2.99. The molecule has 2 aromatic heterocycles. The van der Waals surface area contributed by atoms with E-state index in [1.54, 1.807) is 61.9 Å². The summed E-state index contributed by atoms with van der Waals surface area (Å²) in [5, 5.41) is 13.6. The molecule has 0 unspecified atom stereocenters. The van der Waals surface area contributed by atoms with E-state index in [-0.39, 0.29) is 12.4 Å². The standard InChI is InChI=1S/C21H18N4O3/c1-2-28-21(27)14-7-3-5-9-16(14)23-20-19(15-8-4-6-10-17(15)26)24-18-13-22-11-12-25(18)20/h3-13,23,26H,2H2,1H3. The van der Waals surface area contributed by atoms with Gasteiger partial charge in [0.25, 0.3) is 0 Å². The van der Waals surface area contributed by atoms with E-state index in [1.807, 2.05) is 16.5 Å². The number of phenolic OH excluding ortho intramolecular Hbond substituents is 1. The Morgan fingerprint density at radius 3 is 2.79 bits per heavy atom. The summed E-state index contributed by atoms with van der Waals surface area (Å²) in [6.07, 6.45) is 5.04. The number of anilines is 2. The van der Waals surface area contributed by atoms with E-state index in [4.69, 9.17) is 4.74 Å². The molecule has 28 heavy (non-hydrogen) atoms. The first-order chi connectivity index (χ1) is 13.7. The Morgan fingerprint density at radius 2 is 1.96 bits per heavy atom. The molecule has 0 aliphatic heterocycles. The van der Waals surface area contributed by atoms with E-state index in [0.717, 1.165) is 0 Å². The number of fused-ring (bicyclic) bond motifs is 1. The third kappa shape index (κ3) is 3.14. The minimum Gasteiger partial charge on any atom is -0.507 e. The zero-order chi connectivity index (χ0) is 19.5. The molecule has 7 nitrogen and oxygen atoms in total. The molecule has 2 heterocycles. The van der Waals surface area contributed by atoms with E-state index in [1.165, 1.54) is 0 Å². The maximum absolute atomic E-state index is 12.3. The molecule has 0 saturated heterocycles. The number of hydrogen-bond donors (Lipinski definition) is 2. The molecule has 2 aromatic carbocycles. The summed E-state index contributed by atoms with van der Waals surface area (Å²) in [6.45, 7) is 2.05. The van der Waals surface area contributed by atoms with Gasteiger partial charge in [-0.25, -0.2) is 9.78 Å². The number of aromatic nitrogens is 3. The second kappa shape index (κ2) is 7.40. The quantitative estimate of drug-likeness (QED) is 0.513. The Bertz CT molecular complexity index is 1150. The molecule has 0 radical (unpaired) electrons. The summed E-state index contributed by atoms with van der Waals surface area (Å²) in [5.41, 5.74) is 2.72. The first kappa shape index (κ1) is 17.5. The van der Waals surface area contributed by atoms with Crippen LogP contribution in [0.2, 0.25) is 0 Å². The van der Waals surface area contributed by atoms with Crippen LogP contribution in [0.4, 0.5) is 11.5 Å². The summed E-state index contributed by atoms with van der Waals surface area (Å²) in [5.74, 6) is 0.307. The highest BCUT2D eigenvalue weighted by Gasteiger charge is 2.19. The number of nitrogens with zero attached hydrogens (tertiary/aromatic N) is 3. The number of phenols is 1. The Balaban J connectivity index is 1.87. The molecular weight excluding hydrogens is 356 g/mol. The average Bonchev–Trinajstić information content (AvgIpc) is 3.07. The van der Waals surface area contributed by atoms with Crippen molar-refractivity contribution >= 4 is 23.1 Å². The van der Waals surface area contributed by atoms with Crippen molar-refractivity contribution in [1.82, 2.24) is 14.4 Å². The van der Waals surface area contributed by atoms with Crippen LogP contribution in [0.3, 0.4) is 0 Å². The normalized spacial score (nSPS) is 10.8. The lowest BCUT2D eigenvalue weighted by Crippen LogP contribution is -2.08. The van der Waals surface area contributed by atoms with Crippen LogP contribution in [0, 0.1) is 0 Å². The average molecular weight is 374 g/mol. The topological polar surface area (TPSA) is 88.8 Å². The van der Waals surface area contributed by atoms with Gasteiger partial charge in [0.1, 0.15) is 17.3 Å². The van der Waals surface area contributed by atoms with Gasteiger partial charge in [-0.3, -0.25) is 9.38 Å². The van der Waals surface area contributed by atoms with Gasteiger partial charge in [0.05, 0.1) is 24.1 Å². The third-order valence-electron chi connectivity index (χ3n) is 4.26. The Labute approximate surface area is 161 Å². The third-order valence-corrected chi connectivity index (χ3v) is 4.26. The molecule has 2 N–H and O–H groups in total. The molecule has 0 saturated carbocycles. The summed E-state index contributed by atoms with van der Waals surface area (Å²) < 4.78 is 6.97. The second-order valence-corrected chi connectivity index (χ2v) is 6.02. The van der Waals surface area contributed by atoms with Gasteiger partial charge >= 0.3 is 5.97 Å². The molecule has 140 valence electrons. The van der Waals surface area contributed by atoms with Crippen molar-refractivity contribution in [2.75, 3.05) is 11.9 Å². The molecule has 4 aromatic rings. The van der Waals surface area contributed by atoms with Gasteiger partial charge in [-0.1, -0.05) is 24.3 Å². The summed E-state index contributed by atoms with van der Waals surface area (Å²) in [7, 11) is 0. The number of imidazole rings is 1. The maximum Gasteiger partial charge on any atom is 0.340 e. The monoisotopic (exact) mass is 374 g/mol. The largest absolute Gasteiger partial charge is 0.507 e. The first-order valence-electron chi connectivity index (χ1n) is 8.82. The van der Waals surface area contributed by atoms with Crippen molar-refractivity contribution in [1.29, 1.82) is 0 Å². The molecule has 7 heteroatoms. The number of ether oxygens (including phenoxy) is 1. The van der Waals surface area contributed by atoms with Crippen LogP contribution in [0.25, 0.3) is 16.9 Å². The maximum atomic E-state index is 12.3. The zero-order valence-corrected chi connectivity index (χ0v) is 15.2. The van der Waals surface area contributed by atoms with Gasteiger partial charge < -0.3 is 15.2 Å². The predicted molar refractivity (Wildman–Crippen MR) is 106 cm³/mol. The number of benzene rings is 2. The molecule has 0 bridgehead atoms. The Kier molecular flexibility index (Phi) is 4.63. The number of carbonyl (C=O) groups excluding carboxylic acids is 1. The molecule has 0 atom stereocenters. The number of aromatic hydroxyl groups is 1. The molecule has 0 aliphatic rings. The Hall–Kier alpha value is -3.87. The minimum atomic E-state index is -0.412. The second-order valence-electron chi connectivity index (χ2n) is 6.02. The molecule has 0 aliphatic carbocycles. The number of carbonyl (C=O) groups is 1. The number of esters is 1. The van der Waals surface area contributed by atoms with Gasteiger partial charge in [-0.05, 0) is 31.2 Å². The van der Waals surface area contributed by atoms with Gasteiger partial charge in [-0.2, -0.15) is 0 Å². The molecular formula is C21H18N4O3. The van der Waals surface area contributed by atoms with Crippen molar-refractivity contribution in [2.24, 2.45) is 0 Å². The van der Waals surface area contributed by atoms with Crippen molar-refractivity contribution in [3.05, 3.63) is 72.7 Å². The van der Waals surface area contributed by atoms with E-state index in [9.17, 15) is 9.90 Å². The summed E-state index contributed by atoms with van der Waals surface area (Å²) in [4.78, 5) is 21.1. The van der Waals surface area contributed by atoms with Crippen molar-refractivity contribution in [3.63, 3.8) is 0 Å². The highest BCUT2D eigenvalue weighted by Crippen LogP contribution is 2.36. The zero-order valence-electron chi connectivity index (χ0n) is 15.2. The van der Waals surface area contributed by atoms with Crippen LogP contribution in [-0.2, 0) is 4.74 Å². The van der Waals surface area contributed by atoms with Crippen LogP contribution < -0.4 is 5.32 Å². The fourth-order valence-corrected chi connectivity index (χ4v) is 2.99. The van der Waals surface area contributed by atoms with Gasteiger partial charge in [0.15, 0.2) is 5.65 Å². The minimum absolute atomic E-state index is 0.112. The lowest BCUT2D eigenvalue weighted by molar-refractivity contribution is 0.0527. The Morgan fingerprint density at radius 1 is 1.18 bits per heavy atom. The highest BCUT2D eigenvalue weighted by atomic mass is 16.5. The number of para-hydroxylation sites is 2. The van der Waals surface area contributed by atoms with Gasteiger partial charge in [-0.15, -0.1) is 0 Å². The smallest absolute Gasteiger partial charge is 0.340 e. The molecule has 0 fully saturated rings. The number of hydrogen-bond acceptors (Lipinski definition) is 6. The SMILES string of the molecule is CCOC(=O)c1ccccc1Nc1c(-c2ccccc2O)nc2cnccn12. The molecule has 4 rings (SSSR count). The first-order valence-corrected chi connectivity index (χ1v) is 8.82. The lowest BCUT2D eigenvalue weighted by Gasteiger charge is -2.13. The van der Waals surface area contributed by atoms with Crippen LogP contribution >= 0.6 is 0 Å². The van der Waals surface area contributed by atoms with E-state index in [0.29, 0.717) is 34.0 Å². The molecule has 0 spiro atoms. The van der Waals surface area contributed by atoms with Crippen molar-refractivity contribution < 1.29 is 14.6 Å². The van der Waals surface area contributed by atoms with Crippen molar-refractivity contribution in [2.45, 2.75) is 6.92 Å². The van der Waals surface area contributed by atoms with Crippen LogP contribution in [0.15, 0.2) is 67.1 Å². The summed E-state index contributed by atoms with van der Waals surface area (Å²) in [6, 6.07) is 14.1. The van der Waals surface area contributed by atoms with E-state index < -0.39 is 5.97 Å². The number of nitrogens with one attached hydrogen (secondary N) is 1. The number of rotatable bonds is 5. The van der Waals surface area contributed by atoms with Crippen molar-refractivity contribution in [3.8, 4) is 17.0 Å². The fraction of sp³-hybridized carbons (Fsp3) is 0.0952. The molecule has 0 amide bonds. The van der Waals surface area contributed by atoms with Crippen LogP contribution in [0.5, 0.6) is 5.75 Å². The highest BCUT2D eigenvalue weighted by molar-refractivity contribution is 5.97. The predicted octanol–water partition coefficient (Wildman–Crippen LogP) is 4.02. The van der Waals surface area contributed by atoms with Gasteiger partial charge in [0, 0.05) is 18.0 Å².